The maximum Gasteiger partial charge on any atom is 0.326 e. The molecule has 8 heteroatoms. The number of benzene rings is 2. The number of hydrogen-bond donors (Lipinski definition) is 1. The lowest BCUT2D eigenvalue weighted by Crippen LogP contribution is -2.48. The number of aryl methyl sites for hydroxylation is 2. The van der Waals surface area contributed by atoms with E-state index in [4.69, 9.17) is 0 Å². The molecular weight excluding hydrogens is 388 g/mol. The van der Waals surface area contributed by atoms with Crippen LogP contribution in [0.2, 0.25) is 0 Å². The Morgan fingerprint density at radius 1 is 0.931 bits per heavy atom. The van der Waals surface area contributed by atoms with Gasteiger partial charge in [-0.05, 0) is 44.2 Å². The quantitative estimate of drug-likeness (QED) is 0.670. The Morgan fingerprint density at radius 3 is 2.34 bits per heavy atom. The molecule has 1 fully saturated rings. The van der Waals surface area contributed by atoms with Gasteiger partial charge in [-0.2, -0.15) is 4.31 Å². The average molecular weight is 415 g/mol. The molecule has 7 nitrogen and oxygen atoms in total. The number of nitrogens with zero attached hydrogens (tertiary/aromatic N) is 3. The fourth-order valence-electron chi connectivity index (χ4n) is 3.83. The van der Waals surface area contributed by atoms with Gasteiger partial charge < -0.3 is 9.88 Å². The molecule has 1 aromatic heterocycles. The summed E-state index contributed by atoms with van der Waals surface area (Å²) in [6.45, 7) is 5.81. The molecule has 1 aliphatic heterocycles. The molecule has 0 radical (unpaired) electrons. The van der Waals surface area contributed by atoms with Crippen LogP contribution >= 0.6 is 0 Å². The van der Waals surface area contributed by atoms with Gasteiger partial charge >= 0.3 is 5.69 Å². The van der Waals surface area contributed by atoms with E-state index in [1.807, 2.05) is 43.3 Å². The number of para-hydroxylation sites is 2. The van der Waals surface area contributed by atoms with Crippen LogP contribution in [-0.2, 0) is 16.6 Å². The molecule has 1 N–H and O–H groups in total. The van der Waals surface area contributed by atoms with Gasteiger partial charge in [0, 0.05) is 32.7 Å². The zero-order valence-corrected chi connectivity index (χ0v) is 17.4. The standard InChI is InChI=1S/C21H26N4O3S/c1-17-7-9-18(10-8-17)29(27,28)24-15-13-23(14-16-24)11-4-12-25-20-6-3-2-5-19(20)22-21(25)26/h2-3,5-10H,4,11-16H2,1H3,(H,22,26). The third kappa shape index (κ3) is 4.14. The second-order valence-electron chi connectivity index (χ2n) is 7.51. The molecule has 0 spiro atoms. The van der Waals surface area contributed by atoms with E-state index in [0.717, 1.165) is 29.6 Å². The van der Waals surface area contributed by atoms with E-state index in [2.05, 4.69) is 9.88 Å². The third-order valence-electron chi connectivity index (χ3n) is 5.53. The monoisotopic (exact) mass is 414 g/mol. The predicted molar refractivity (Wildman–Crippen MR) is 114 cm³/mol. The minimum absolute atomic E-state index is 0.0831. The molecule has 2 heterocycles. The molecule has 29 heavy (non-hydrogen) atoms. The van der Waals surface area contributed by atoms with Crippen molar-refractivity contribution in [2.45, 2.75) is 24.8 Å². The van der Waals surface area contributed by atoms with Gasteiger partial charge in [0.15, 0.2) is 0 Å². The van der Waals surface area contributed by atoms with Crippen molar-refractivity contribution in [1.29, 1.82) is 0 Å². The molecule has 3 aromatic rings. The zero-order chi connectivity index (χ0) is 20.4. The van der Waals surface area contributed by atoms with Crippen LogP contribution in [0, 0.1) is 6.92 Å². The van der Waals surface area contributed by atoms with Crippen LogP contribution in [0.4, 0.5) is 0 Å². The van der Waals surface area contributed by atoms with Gasteiger partial charge in [-0.25, -0.2) is 13.2 Å². The van der Waals surface area contributed by atoms with Crippen molar-refractivity contribution in [3.8, 4) is 0 Å². The molecule has 2 aromatic carbocycles. The van der Waals surface area contributed by atoms with E-state index in [0.29, 0.717) is 37.6 Å². The van der Waals surface area contributed by atoms with Crippen molar-refractivity contribution in [3.05, 3.63) is 64.6 Å². The zero-order valence-electron chi connectivity index (χ0n) is 16.5. The summed E-state index contributed by atoms with van der Waals surface area (Å²) in [6.07, 6.45) is 0.840. The first-order valence-electron chi connectivity index (χ1n) is 9.92. The first-order valence-corrected chi connectivity index (χ1v) is 11.4. The van der Waals surface area contributed by atoms with Crippen LogP contribution in [0.1, 0.15) is 12.0 Å². The van der Waals surface area contributed by atoms with Crippen molar-refractivity contribution >= 4 is 21.1 Å². The van der Waals surface area contributed by atoms with Crippen LogP contribution in [0.15, 0.2) is 58.2 Å². The number of imidazole rings is 1. The van der Waals surface area contributed by atoms with Crippen molar-refractivity contribution in [3.63, 3.8) is 0 Å². The molecular formula is C21H26N4O3S. The summed E-state index contributed by atoms with van der Waals surface area (Å²) >= 11 is 0. The molecule has 154 valence electrons. The summed E-state index contributed by atoms with van der Waals surface area (Å²) in [5, 5.41) is 0. The summed E-state index contributed by atoms with van der Waals surface area (Å²) in [4.78, 5) is 17.6. The van der Waals surface area contributed by atoms with Gasteiger partial charge in [0.1, 0.15) is 0 Å². The molecule has 0 saturated carbocycles. The molecule has 4 rings (SSSR count). The van der Waals surface area contributed by atoms with Crippen molar-refractivity contribution < 1.29 is 8.42 Å². The Kier molecular flexibility index (Phi) is 5.58. The van der Waals surface area contributed by atoms with E-state index in [9.17, 15) is 13.2 Å². The Balaban J connectivity index is 1.31. The first kappa shape index (κ1) is 19.9. The molecule has 0 bridgehead atoms. The van der Waals surface area contributed by atoms with Crippen molar-refractivity contribution in [2.24, 2.45) is 0 Å². The fourth-order valence-corrected chi connectivity index (χ4v) is 5.26. The van der Waals surface area contributed by atoms with Crippen LogP contribution < -0.4 is 5.69 Å². The highest BCUT2D eigenvalue weighted by Gasteiger charge is 2.28. The van der Waals surface area contributed by atoms with Gasteiger partial charge in [-0.3, -0.25) is 4.57 Å². The first-order chi connectivity index (χ1) is 13.9. The van der Waals surface area contributed by atoms with Gasteiger partial charge in [-0.1, -0.05) is 29.8 Å². The van der Waals surface area contributed by atoms with E-state index in [1.165, 1.54) is 0 Å². The SMILES string of the molecule is Cc1ccc(S(=O)(=O)N2CCN(CCCn3c(=O)[nH]c4ccccc43)CC2)cc1. The number of piperazine rings is 1. The molecule has 0 unspecified atom stereocenters. The maximum absolute atomic E-state index is 12.8. The van der Waals surface area contributed by atoms with Crippen LogP contribution in [-0.4, -0.2) is 59.9 Å². The highest BCUT2D eigenvalue weighted by atomic mass is 32.2. The minimum atomic E-state index is -3.43. The molecule has 1 aliphatic rings. The molecule has 0 aliphatic carbocycles. The fraction of sp³-hybridized carbons (Fsp3) is 0.381. The van der Waals surface area contributed by atoms with Gasteiger partial charge in [0.05, 0.1) is 15.9 Å². The highest BCUT2D eigenvalue weighted by molar-refractivity contribution is 7.89. The summed E-state index contributed by atoms with van der Waals surface area (Å²) in [5.41, 5.74) is 2.74. The number of H-pyrrole nitrogens is 1. The molecule has 1 saturated heterocycles. The van der Waals surface area contributed by atoms with E-state index < -0.39 is 10.0 Å². The number of fused-ring (bicyclic) bond motifs is 1. The number of sulfonamides is 1. The second-order valence-corrected chi connectivity index (χ2v) is 9.45. The Morgan fingerprint density at radius 2 is 1.62 bits per heavy atom. The van der Waals surface area contributed by atoms with E-state index >= 15 is 0 Å². The summed E-state index contributed by atoms with van der Waals surface area (Å²) < 4.78 is 28.9. The van der Waals surface area contributed by atoms with E-state index in [-0.39, 0.29) is 5.69 Å². The summed E-state index contributed by atoms with van der Waals surface area (Å²) in [6, 6.07) is 14.7. The topological polar surface area (TPSA) is 78.4 Å². The number of rotatable bonds is 6. The predicted octanol–water partition coefficient (Wildman–Crippen LogP) is 2.03. The summed E-state index contributed by atoms with van der Waals surface area (Å²) in [5.74, 6) is 0. The molecule has 0 atom stereocenters. The Bertz CT molecular complexity index is 1140. The van der Waals surface area contributed by atoms with Crippen molar-refractivity contribution in [1.82, 2.24) is 18.8 Å². The smallest absolute Gasteiger partial charge is 0.306 e. The van der Waals surface area contributed by atoms with Crippen molar-refractivity contribution in [2.75, 3.05) is 32.7 Å². The number of nitrogens with one attached hydrogen (secondary N) is 1. The van der Waals surface area contributed by atoms with Gasteiger partial charge in [0.2, 0.25) is 10.0 Å². The van der Waals surface area contributed by atoms with Gasteiger partial charge in [0.25, 0.3) is 0 Å². The van der Waals surface area contributed by atoms with Crippen LogP contribution in [0.5, 0.6) is 0 Å². The van der Waals surface area contributed by atoms with Gasteiger partial charge in [-0.15, -0.1) is 0 Å². The lowest BCUT2D eigenvalue weighted by atomic mass is 10.2. The summed E-state index contributed by atoms with van der Waals surface area (Å²) in [7, 11) is -3.43. The van der Waals surface area contributed by atoms with Crippen LogP contribution in [0.25, 0.3) is 11.0 Å². The minimum Gasteiger partial charge on any atom is -0.306 e. The van der Waals surface area contributed by atoms with E-state index in [1.54, 1.807) is 21.0 Å². The number of hydrogen-bond acceptors (Lipinski definition) is 4. The second kappa shape index (κ2) is 8.14. The third-order valence-corrected chi connectivity index (χ3v) is 7.44. The highest BCUT2D eigenvalue weighted by Crippen LogP contribution is 2.18. The lowest BCUT2D eigenvalue weighted by Gasteiger charge is -2.34. The molecule has 0 amide bonds. The lowest BCUT2D eigenvalue weighted by molar-refractivity contribution is 0.184. The number of aromatic amines is 1. The maximum atomic E-state index is 12.8. The Hall–Kier alpha value is -2.42. The largest absolute Gasteiger partial charge is 0.326 e. The normalized spacial score (nSPS) is 16.4. The Labute approximate surface area is 170 Å². The number of aromatic nitrogens is 2. The van der Waals surface area contributed by atoms with Crippen LogP contribution in [0.3, 0.4) is 0 Å². The average Bonchev–Trinajstić information content (AvgIpc) is 3.04.